The third kappa shape index (κ3) is 5.33. The second-order valence-electron chi connectivity index (χ2n) is 6.97. The Morgan fingerprint density at radius 3 is 2.26 bits per heavy atom. The number of hydrogen-bond donors (Lipinski definition) is 3. The first kappa shape index (κ1) is 22.7. The van der Waals surface area contributed by atoms with Crippen LogP contribution in [0.4, 0.5) is 0 Å². The van der Waals surface area contributed by atoms with Crippen LogP contribution in [-0.2, 0) is 11.4 Å². The van der Waals surface area contributed by atoms with Gasteiger partial charge in [-0.05, 0) is 18.8 Å². The molecule has 0 aliphatic carbocycles. The number of aliphatic hydroxyl groups excluding tert-OH is 2. The van der Waals surface area contributed by atoms with Crippen LogP contribution in [0.1, 0.15) is 63.3 Å². The number of hydrogen-bond acceptors (Lipinski definition) is 6. The molecule has 0 amide bonds. The van der Waals surface area contributed by atoms with E-state index in [1.807, 2.05) is 6.92 Å². The minimum Gasteiger partial charge on any atom is -0.477 e. The summed E-state index contributed by atoms with van der Waals surface area (Å²) in [6.07, 6.45) is -0.234. The third-order valence-corrected chi connectivity index (χ3v) is 4.54. The van der Waals surface area contributed by atoms with Gasteiger partial charge in [0.2, 0.25) is 0 Å². The van der Waals surface area contributed by atoms with E-state index in [0.717, 1.165) is 6.07 Å². The highest BCUT2D eigenvalue weighted by Crippen LogP contribution is 2.23. The van der Waals surface area contributed by atoms with Crippen molar-refractivity contribution in [3.05, 3.63) is 33.7 Å². The van der Waals surface area contributed by atoms with Crippen LogP contribution in [0.25, 0.3) is 0 Å². The summed E-state index contributed by atoms with van der Waals surface area (Å²) in [5, 5.41) is 29.5. The van der Waals surface area contributed by atoms with E-state index >= 15 is 0 Å². The molecular formula is C19H28N2O6. The highest BCUT2D eigenvalue weighted by atomic mass is 16.4. The molecule has 0 spiro atoms. The van der Waals surface area contributed by atoms with E-state index in [2.05, 4.69) is 4.99 Å². The second kappa shape index (κ2) is 9.57. The molecule has 0 radical (unpaired) electrons. The molecule has 0 saturated carbocycles. The summed E-state index contributed by atoms with van der Waals surface area (Å²) in [5.74, 6) is -2.34. The molecular weight excluding hydrogens is 352 g/mol. The molecule has 0 aromatic carbocycles. The topological polar surface area (TPSA) is 129 Å². The first-order valence-corrected chi connectivity index (χ1v) is 8.90. The summed E-state index contributed by atoms with van der Waals surface area (Å²) in [7, 11) is 0. The number of aliphatic imine (C=N–C) groups is 1. The summed E-state index contributed by atoms with van der Waals surface area (Å²) in [4.78, 5) is 39.7. The lowest BCUT2D eigenvalue weighted by atomic mass is 9.97. The van der Waals surface area contributed by atoms with Crippen LogP contribution < -0.4 is 5.43 Å². The lowest BCUT2D eigenvalue weighted by Crippen LogP contribution is -2.35. The maximum absolute atomic E-state index is 12.0. The predicted octanol–water partition coefficient (Wildman–Crippen LogP) is 1.63. The van der Waals surface area contributed by atoms with Crippen LogP contribution in [-0.4, -0.2) is 43.5 Å². The van der Waals surface area contributed by atoms with Crippen molar-refractivity contribution >= 4 is 17.5 Å². The van der Waals surface area contributed by atoms with Crippen LogP contribution >= 0.6 is 0 Å². The summed E-state index contributed by atoms with van der Waals surface area (Å²) < 4.78 is 1.43. The van der Waals surface area contributed by atoms with Crippen molar-refractivity contribution in [2.75, 3.05) is 0 Å². The fourth-order valence-electron chi connectivity index (χ4n) is 2.65. The quantitative estimate of drug-likeness (QED) is 0.441. The van der Waals surface area contributed by atoms with E-state index in [0.29, 0.717) is 6.42 Å². The van der Waals surface area contributed by atoms with Crippen LogP contribution in [0.15, 0.2) is 22.1 Å². The molecule has 27 heavy (non-hydrogen) atoms. The Morgan fingerprint density at radius 2 is 1.85 bits per heavy atom. The lowest BCUT2D eigenvalue weighted by molar-refractivity contribution is -0.130. The van der Waals surface area contributed by atoms with Gasteiger partial charge in [-0.15, -0.1) is 0 Å². The number of nitrogens with zero attached hydrogens (tertiary/aromatic N) is 2. The Labute approximate surface area is 158 Å². The summed E-state index contributed by atoms with van der Waals surface area (Å²) >= 11 is 0. The second-order valence-corrected chi connectivity index (χ2v) is 6.97. The normalized spacial score (nSPS) is 15.5. The number of carbonyl (C=O) groups excluding carboxylic acids is 1. The van der Waals surface area contributed by atoms with Gasteiger partial charge in [0.25, 0.3) is 0 Å². The number of aliphatic hydroxyl groups is 2. The van der Waals surface area contributed by atoms with E-state index in [1.54, 1.807) is 20.8 Å². The molecule has 1 aromatic heterocycles. The molecule has 1 rings (SSSR count). The van der Waals surface area contributed by atoms with Crippen LogP contribution in [0.5, 0.6) is 0 Å². The van der Waals surface area contributed by atoms with Gasteiger partial charge >= 0.3 is 5.97 Å². The molecule has 150 valence electrons. The zero-order valence-electron chi connectivity index (χ0n) is 16.3. The van der Waals surface area contributed by atoms with E-state index in [1.165, 1.54) is 17.7 Å². The van der Waals surface area contributed by atoms with E-state index in [4.69, 9.17) is 0 Å². The Bertz CT molecular complexity index is 781. The summed E-state index contributed by atoms with van der Waals surface area (Å²) in [6.45, 7) is 7.90. The number of carbonyl (C=O) groups is 2. The number of aromatic nitrogens is 1. The smallest absolute Gasteiger partial charge is 0.352 e. The maximum Gasteiger partial charge on any atom is 0.352 e. The van der Waals surface area contributed by atoms with Crippen LogP contribution in [0.3, 0.4) is 0 Å². The van der Waals surface area contributed by atoms with Crippen LogP contribution in [0.2, 0.25) is 0 Å². The van der Waals surface area contributed by atoms with Gasteiger partial charge in [-0.3, -0.25) is 14.6 Å². The molecule has 0 aliphatic heterocycles. The zero-order chi connectivity index (χ0) is 20.9. The average Bonchev–Trinajstić information content (AvgIpc) is 2.60. The molecule has 8 heteroatoms. The van der Waals surface area contributed by atoms with Crippen molar-refractivity contribution in [1.29, 1.82) is 0 Å². The molecule has 1 unspecified atom stereocenters. The molecule has 3 N–H and O–H groups in total. The largest absolute Gasteiger partial charge is 0.477 e. The van der Waals surface area contributed by atoms with Crippen molar-refractivity contribution in [3.8, 4) is 0 Å². The van der Waals surface area contributed by atoms with Gasteiger partial charge in [0, 0.05) is 18.0 Å². The number of ketones is 1. The molecule has 0 bridgehead atoms. The van der Waals surface area contributed by atoms with E-state index in [9.17, 15) is 29.7 Å². The van der Waals surface area contributed by atoms with Gasteiger partial charge in [-0.2, -0.15) is 0 Å². The Balaban J connectivity index is 3.65. The van der Waals surface area contributed by atoms with Gasteiger partial charge in [-0.1, -0.05) is 34.1 Å². The lowest BCUT2D eigenvalue weighted by Gasteiger charge is -2.26. The van der Waals surface area contributed by atoms with E-state index < -0.39 is 41.8 Å². The average molecular weight is 380 g/mol. The molecule has 0 aliphatic rings. The molecule has 3 atom stereocenters. The first-order chi connectivity index (χ1) is 12.5. The van der Waals surface area contributed by atoms with E-state index in [-0.39, 0.29) is 23.1 Å². The Morgan fingerprint density at radius 1 is 1.26 bits per heavy atom. The SMILES string of the molecule is CCC(C)[C@H](O)/C(=N\[C@H](C(C)C)n1cc(C(C)=O)c(=O)cc1CO)C(=O)O. The maximum atomic E-state index is 12.0. The monoisotopic (exact) mass is 380 g/mol. The molecule has 8 nitrogen and oxygen atoms in total. The van der Waals surface area contributed by atoms with Gasteiger partial charge < -0.3 is 19.9 Å². The van der Waals surface area contributed by atoms with Gasteiger partial charge in [0.05, 0.1) is 12.2 Å². The number of carboxylic acids is 1. The van der Waals surface area contributed by atoms with Crippen molar-refractivity contribution in [1.82, 2.24) is 4.57 Å². The number of rotatable bonds is 9. The highest BCUT2D eigenvalue weighted by Gasteiger charge is 2.28. The number of carboxylic acid groups (broad SMARTS) is 1. The van der Waals surface area contributed by atoms with Gasteiger partial charge in [-0.25, -0.2) is 4.79 Å². The molecule has 1 aromatic rings. The first-order valence-electron chi connectivity index (χ1n) is 8.90. The molecule has 0 fully saturated rings. The summed E-state index contributed by atoms with van der Waals surface area (Å²) in [6, 6.07) is 1.15. The minimum atomic E-state index is -1.34. The number of aliphatic carboxylic acids is 1. The summed E-state index contributed by atoms with van der Waals surface area (Å²) in [5.41, 5.74) is -0.787. The van der Waals surface area contributed by atoms with Gasteiger partial charge in [0.1, 0.15) is 12.3 Å². The fourth-order valence-corrected chi connectivity index (χ4v) is 2.65. The number of pyridine rings is 1. The zero-order valence-corrected chi connectivity index (χ0v) is 16.3. The Kier molecular flexibility index (Phi) is 8.05. The third-order valence-electron chi connectivity index (χ3n) is 4.54. The predicted molar refractivity (Wildman–Crippen MR) is 101 cm³/mol. The van der Waals surface area contributed by atoms with Crippen molar-refractivity contribution < 1.29 is 24.9 Å². The van der Waals surface area contributed by atoms with Crippen molar-refractivity contribution in [2.24, 2.45) is 16.8 Å². The van der Waals surface area contributed by atoms with Gasteiger partial charge in [0.15, 0.2) is 16.9 Å². The van der Waals surface area contributed by atoms with Crippen molar-refractivity contribution in [3.63, 3.8) is 0 Å². The highest BCUT2D eigenvalue weighted by molar-refractivity contribution is 6.37. The molecule has 0 saturated heterocycles. The van der Waals surface area contributed by atoms with Crippen molar-refractivity contribution in [2.45, 2.75) is 59.9 Å². The standard InChI is InChI=1S/C19H28N2O6/c1-6-11(4)17(25)16(19(26)27)20-18(10(2)3)21-8-14(12(5)23)15(24)7-13(21)9-22/h7-8,10-11,17-18,22,25H,6,9H2,1-5H3,(H,26,27)/b20-16+/t11?,17-,18-/m0/s1. The fraction of sp³-hybridized carbons (Fsp3) is 0.579. The minimum absolute atomic E-state index is 0.0765. The Hall–Kier alpha value is -2.32. The number of Topliss-reactive ketones (excluding diaryl/α,β-unsaturated/α-hetero) is 1. The van der Waals surface area contributed by atoms with Crippen LogP contribution in [0, 0.1) is 11.8 Å². The molecule has 1 heterocycles.